The lowest BCUT2D eigenvalue weighted by atomic mass is 9.95. The largest absolute Gasteiger partial charge is 0.367 e. The number of aliphatic imine (C=N–C) groups is 1. The van der Waals surface area contributed by atoms with Crippen molar-refractivity contribution >= 4 is 12.2 Å². The van der Waals surface area contributed by atoms with Crippen molar-refractivity contribution in [1.82, 2.24) is 10.2 Å². The average molecular weight is 211 g/mol. The van der Waals surface area contributed by atoms with Gasteiger partial charge in [-0.3, -0.25) is 9.69 Å². The number of nitrogens with one attached hydrogen (secondary N) is 1. The van der Waals surface area contributed by atoms with E-state index in [-0.39, 0.29) is 6.67 Å². The number of nitrogens with zero attached hydrogens (tertiary/aromatic N) is 2. The van der Waals surface area contributed by atoms with Gasteiger partial charge in [0, 0.05) is 6.04 Å². The van der Waals surface area contributed by atoms with E-state index in [4.69, 9.17) is 0 Å². The quantitative estimate of drug-likeness (QED) is 0.635. The van der Waals surface area contributed by atoms with E-state index in [1.165, 1.54) is 24.2 Å². The first-order chi connectivity index (χ1) is 7.31. The van der Waals surface area contributed by atoms with Crippen LogP contribution >= 0.6 is 0 Å². The molecule has 15 heavy (non-hydrogen) atoms. The molecule has 0 radical (unpaired) electrons. The number of aliphatic hydroxyl groups excluding tert-OH is 1. The van der Waals surface area contributed by atoms with Gasteiger partial charge in [-0.25, -0.2) is 4.99 Å². The minimum Gasteiger partial charge on any atom is -0.367 e. The molecule has 1 heterocycles. The molecule has 0 spiro atoms. The summed E-state index contributed by atoms with van der Waals surface area (Å²) >= 11 is 0. The van der Waals surface area contributed by atoms with E-state index in [1.807, 2.05) is 0 Å². The number of aliphatic hydroxyl groups is 1. The molecule has 0 aromatic heterocycles. The first-order valence-corrected chi connectivity index (χ1v) is 5.51. The van der Waals surface area contributed by atoms with Crippen LogP contribution in [0, 0.1) is 0 Å². The van der Waals surface area contributed by atoms with Gasteiger partial charge in [0.15, 0.2) is 6.23 Å². The molecule has 0 bridgehead atoms. The number of hydrogen-bond donors (Lipinski definition) is 2. The summed E-state index contributed by atoms with van der Waals surface area (Å²) in [5.41, 5.74) is 0. The predicted molar refractivity (Wildman–Crippen MR) is 56.2 cm³/mol. The van der Waals surface area contributed by atoms with E-state index in [9.17, 15) is 9.90 Å². The summed E-state index contributed by atoms with van der Waals surface area (Å²) in [4.78, 5) is 15.9. The lowest BCUT2D eigenvalue weighted by Crippen LogP contribution is -2.45. The Kier molecular flexibility index (Phi) is 3.20. The van der Waals surface area contributed by atoms with Gasteiger partial charge in [0.2, 0.25) is 6.41 Å². The van der Waals surface area contributed by atoms with Crippen LogP contribution in [0.1, 0.15) is 32.1 Å². The van der Waals surface area contributed by atoms with Crippen LogP contribution in [0.15, 0.2) is 4.99 Å². The molecule has 0 aromatic carbocycles. The SMILES string of the molecule is O=CN1CN=C(NC2CCCCC2)C1O. The Morgan fingerprint density at radius 2 is 2.13 bits per heavy atom. The van der Waals surface area contributed by atoms with Crippen LogP contribution in [-0.4, -0.2) is 41.2 Å². The Bertz CT molecular complexity index is 261. The molecule has 1 fully saturated rings. The number of amides is 1. The topological polar surface area (TPSA) is 64.9 Å². The maximum absolute atomic E-state index is 10.5. The van der Waals surface area contributed by atoms with Gasteiger partial charge in [-0.2, -0.15) is 0 Å². The van der Waals surface area contributed by atoms with Crippen molar-refractivity contribution < 1.29 is 9.90 Å². The van der Waals surface area contributed by atoms with Gasteiger partial charge in [-0.1, -0.05) is 19.3 Å². The number of amidine groups is 1. The molecule has 1 saturated carbocycles. The smallest absolute Gasteiger partial charge is 0.213 e. The van der Waals surface area contributed by atoms with E-state index in [1.54, 1.807) is 0 Å². The highest BCUT2D eigenvalue weighted by Gasteiger charge is 2.27. The Hall–Kier alpha value is -1.10. The zero-order valence-electron chi connectivity index (χ0n) is 8.72. The van der Waals surface area contributed by atoms with E-state index in [0.717, 1.165) is 12.8 Å². The standard InChI is InChI=1S/C10H17N3O2/c14-7-13-6-11-9(10(13)15)12-8-4-2-1-3-5-8/h7-8,10,15H,1-6H2,(H,11,12). The van der Waals surface area contributed by atoms with Crippen LogP contribution in [0.4, 0.5) is 0 Å². The highest BCUT2D eigenvalue weighted by molar-refractivity contribution is 5.89. The number of hydrogen-bond acceptors (Lipinski definition) is 4. The third-order valence-electron chi connectivity index (χ3n) is 3.06. The molecule has 1 aliphatic carbocycles. The monoisotopic (exact) mass is 211 g/mol. The van der Waals surface area contributed by atoms with Gasteiger partial charge in [0.25, 0.3) is 0 Å². The second-order valence-electron chi connectivity index (χ2n) is 4.16. The van der Waals surface area contributed by atoms with Crippen molar-refractivity contribution in [3.05, 3.63) is 0 Å². The molecule has 84 valence electrons. The maximum atomic E-state index is 10.5. The zero-order chi connectivity index (χ0) is 10.7. The number of carbonyl (C=O) groups excluding carboxylic acids is 1. The Labute approximate surface area is 89.2 Å². The molecule has 1 unspecified atom stereocenters. The minimum atomic E-state index is -0.871. The highest BCUT2D eigenvalue weighted by Crippen LogP contribution is 2.18. The molecule has 0 aromatic rings. The second kappa shape index (κ2) is 4.61. The van der Waals surface area contributed by atoms with Gasteiger partial charge >= 0.3 is 0 Å². The third-order valence-corrected chi connectivity index (χ3v) is 3.06. The Balaban J connectivity index is 1.86. The van der Waals surface area contributed by atoms with Gasteiger partial charge in [0.05, 0.1) is 0 Å². The number of rotatable bonds is 2. The molecule has 0 saturated heterocycles. The summed E-state index contributed by atoms with van der Waals surface area (Å²) in [7, 11) is 0. The Morgan fingerprint density at radius 3 is 2.73 bits per heavy atom. The van der Waals surface area contributed by atoms with Crippen molar-refractivity contribution in [2.45, 2.75) is 44.4 Å². The summed E-state index contributed by atoms with van der Waals surface area (Å²) < 4.78 is 0. The molecular weight excluding hydrogens is 194 g/mol. The lowest BCUT2D eigenvalue weighted by Gasteiger charge is -2.25. The zero-order valence-corrected chi connectivity index (χ0v) is 8.72. The molecule has 2 aliphatic rings. The van der Waals surface area contributed by atoms with E-state index < -0.39 is 6.23 Å². The van der Waals surface area contributed by atoms with E-state index in [2.05, 4.69) is 10.3 Å². The molecule has 1 amide bonds. The van der Waals surface area contributed by atoms with Crippen LogP contribution in [0.25, 0.3) is 0 Å². The summed E-state index contributed by atoms with van der Waals surface area (Å²) in [5.74, 6) is 0.550. The van der Waals surface area contributed by atoms with E-state index >= 15 is 0 Å². The molecule has 5 nitrogen and oxygen atoms in total. The highest BCUT2D eigenvalue weighted by atomic mass is 16.3. The molecule has 2 N–H and O–H groups in total. The molecule has 2 rings (SSSR count). The van der Waals surface area contributed by atoms with Crippen LogP contribution in [0.2, 0.25) is 0 Å². The van der Waals surface area contributed by atoms with Crippen LogP contribution in [0.3, 0.4) is 0 Å². The van der Waals surface area contributed by atoms with Gasteiger partial charge in [0.1, 0.15) is 12.5 Å². The van der Waals surface area contributed by atoms with Crippen molar-refractivity contribution in [2.24, 2.45) is 4.99 Å². The fourth-order valence-electron chi connectivity index (χ4n) is 2.14. The summed E-state index contributed by atoms with van der Waals surface area (Å²) in [6, 6.07) is 0.416. The van der Waals surface area contributed by atoms with Crippen LogP contribution in [-0.2, 0) is 4.79 Å². The van der Waals surface area contributed by atoms with Crippen LogP contribution in [0.5, 0.6) is 0 Å². The second-order valence-corrected chi connectivity index (χ2v) is 4.16. The fourth-order valence-corrected chi connectivity index (χ4v) is 2.14. The summed E-state index contributed by atoms with van der Waals surface area (Å²) in [5, 5.41) is 12.9. The summed E-state index contributed by atoms with van der Waals surface area (Å²) in [6.07, 6.45) is 5.79. The predicted octanol–water partition coefficient (Wildman–Crippen LogP) is 0.0551. The van der Waals surface area contributed by atoms with Crippen molar-refractivity contribution in [2.75, 3.05) is 6.67 Å². The molecular formula is C10H17N3O2. The maximum Gasteiger partial charge on any atom is 0.213 e. The van der Waals surface area contributed by atoms with Crippen molar-refractivity contribution in [3.63, 3.8) is 0 Å². The Morgan fingerprint density at radius 1 is 1.40 bits per heavy atom. The molecule has 5 heteroatoms. The average Bonchev–Trinajstić information content (AvgIpc) is 2.62. The van der Waals surface area contributed by atoms with Gasteiger partial charge < -0.3 is 10.4 Å². The van der Waals surface area contributed by atoms with Crippen LogP contribution < -0.4 is 5.32 Å². The van der Waals surface area contributed by atoms with Crippen molar-refractivity contribution in [3.8, 4) is 0 Å². The molecule has 1 aliphatic heterocycles. The van der Waals surface area contributed by atoms with E-state index in [0.29, 0.717) is 18.3 Å². The minimum absolute atomic E-state index is 0.264. The number of carbonyl (C=O) groups is 1. The van der Waals surface area contributed by atoms with Gasteiger partial charge in [-0.05, 0) is 12.8 Å². The van der Waals surface area contributed by atoms with Gasteiger partial charge in [-0.15, -0.1) is 0 Å². The third kappa shape index (κ3) is 2.28. The first-order valence-electron chi connectivity index (χ1n) is 5.51. The fraction of sp³-hybridized carbons (Fsp3) is 0.800. The normalized spacial score (nSPS) is 27.7. The summed E-state index contributed by atoms with van der Waals surface area (Å²) in [6.45, 7) is 0.264. The van der Waals surface area contributed by atoms with Crippen molar-refractivity contribution in [1.29, 1.82) is 0 Å². The first kappa shape index (κ1) is 10.4. The molecule has 1 atom stereocenters. The lowest BCUT2D eigenvalue weighted by molar-refractivity contribution is -0.122.